The Balaban J connectivity index is 1.59. The van der Waals surface area contributed by atoms with Crippen LogP contribution in [-0.4, -0.2) is 11.5 Å². The minimum absolute atomic E-state index is 0.860. The predicted octanol–water partition coefficient (Wildman–Crippen LogP) is 4.53. The molecule has 0 aliphatic heterocycles. The maximum absolute atomic E-state index is 4.31. The highest BCUT2D eigenvalue weighted by molar-refractivity contribution is 7.16. The summed E-state index contributed by atoms with van der Waals surface area (Å²) < 4.78 is 1.28. The van der Waals surface area contributed by atoms with Crippen molar-refractivity contribution in [3.63, 3.8) is 0 Å². The Labute approximate surface area is 112 Å². The van der Waals surface area contributed by atoms with E-state index in [0.717, 1.165) is 23.9 Å². The third-order valence-electron chi connectivity index (χ3n) is 4.06. The molecule has 1 N–H and O–H groups in total. The fourth-order valence-corrected chi connectivity index (χ4v) is 3.48. The van der Waals surface area contributed by atoms with Crippen molar-refractivity contribution in [2.24, 2.45) is 11.8 Å². The number of thiazole rings is 1. The van der Waals surface area contributed by atoms with Crippen molar-refractivity contribution in [2.45, 2.75) is 32.6 Å². The van der Waals surface area contributed by atoms with Crippen LogP contribution >= 0.6 is 11.3 Å². The van der Waals surface area contributed by atoms with Crippen molar-refractivity contribution >= 4 is 27.2 Å². The minimum atomic E-state index is 0.860. The molecule has 1 heterocycles. The molecule has 1 saturated carbocycles. The van der Waals surface area contributed by atoms with Crippen LogP contribution in [0.5, 0.6) is 0 Å². The zero-order valence-corrected chi connectivity index (χ0v) is 11.7. The Morgan fingerprint density at radius 1 is 1.28 bits per heavy atom. The summed E-state index contributed by atoms with van der Waals surface area (Å²) in [5.74, 6) is 1.80. The molecule has 18 heavy (non-hydrogen) atoms. The van der Waals surface area contributed by atoms with Crippen LogP contribution in [0.4, 0.5) is 5.69 Å². The first-order valence-electron chi connectivity index (χ1n) is 6.88. The van der Waals surface area contributed by atoms with Crippen molar-refractivity contribution in [2.75, 3.05) is 11.9 Å². The summed E-state index contributed by atoms with van der Waals surface area (Å²) in [6, 6.07) is 6.48. The summed E-state index contributed by atoms with van der Waals surface area (Å²) in [7, 11) is 0. The van der Waals surface area contributed by atoms with Gasteiger partial charge in [-0.05, 0) is 42.9 Å². The molecule has 96 valence electrons. The number of rotatable bonds is 3. The highest BCUT2D eigenvalue weighted by Crippen LogP contribution is 2.29. The van der Waals surface area contributed by atoms with Gasteiger partial charge < -0.3 is 5.32 Å². The smallest absolute Gasteiger partial charge is 0.0813 e. The molecule has 0 amide bonds. The van der Waals surface area contributed by atoms with E-state index in [1.807, 2.05) is 5.51 Å². The van der Waals surface area contributed by atoms with E-state index in [-0.39, 0.29) is 0 Å². The first-order valence-corrected chi connectivity index (χ1v) is 7.76. The molecule has 0 saturated heterocycles. The molecule has 1 aromatic heterocycles. The number of aromatic nitrogens is 1. The molecule has 3 heteroatoms. The number of nitrogens with zero attached hydrogens (tertiary/aromatic N) is 1. The molecule has 1 aromatic carbocycles. The maximum Gasteiger partial charge on any atom is 0.0813 e. The summed E-state index contributed by atoms with van der Waals surface area (Å²) in [6.45, 7) is 3.50. The van der Waals surface area contributed by atoms with Crippen LogP contribution in [0.15, 0.2) is 23.7 Å². The molecule has 1 aliphatic carbocycles. The molecule has 3 rings (SSSR count). The Morgan fingerprint density at radius 3 is 2.94 bits per heavy atom. The average Bonchev–Trinajstić information content (AvgIpc) is 2.85. The lowest BCUT2D eigenvalue weighted by molar-refractivity contribution is 0.300. The lowest BCUT2D eigenvalue weighted by Gasteiger charge is -2.26. The standard InChI is InChI=1S/C15H20N2S/c1-11-2-4-12(5-3-11)9-16-13-6-7-14-15(8-13)18-10-17-14/h6-8,10-12,16H,2-5,9H2,1H3. The van der Waals surface area contributed by atoms with Crippen LogP contribution in [0.1, 0.15) is 32.6 Å². The molecule has 1 fully saturated rings. The Bertz CT molecular complexity index is 512. The van der Waals surface area contributed by atoms with Crippen molar-refractivity contribution in [1.29, 1.82) is 0 Å². The van der Waals surface area contributed by atoms with Crippen molar-refractivity contribution in [3.8, 4) is 0 Å². The van der Waals surface area contributed by atoms with Gasteiger partial charge in [-0.3, -0.25) is 0 Å². The summed E-state index contributed by atoms with van der Waals surface area (Å²) in [5, 5.41) is 3.59. The molecular weight excluding hydrogens is 240 g/mol. The number of hydrogen-bond acceptors (Lipinski definition) is 3. The van der Waals surface area contributed by atoms with Crippen LogP contribution in [0, 0.1) is 11.8 Å². The first-order chi connectivity index (χ1) is 8.81. The summed E-state index contributed by atoms with van der Waals surface area (Å²) in [4.78, 5) is 4.31. The van der Waals surface area contributed by atoms with Crippen LogP contribution in [0.3, 0.4) is 0 Å². The summed E-state index contributed by atoms with van der Waals surface area (Å²) in [6.07, 6.45) is 5.58. The van der Waals surface area contributed by atoms with E-state index >= 15 is 0 Å². The van der Waals surface area contributed by atoms with Gasteiger partial charge >= 0.3 is 0 Å². The molecule has 0 atom stereocenters. The lowest BCUT2D eigenvalue weighted by Crippen LogP contribution is -2.20. The number of benzene rings is 1. The molecule has 1 aliphatic rings. The van der Waals surface area contributed by atoms with Gasteiger partial charge in [-0.15, -0.1) is 11.3 Å². The average molecular weight is 260 g/mol. The van der Waals surface area contributed by atoms with Gasteiger partial charge in [0.05, 0.1) is 15.7 Å². The first kappa shape index (κ1) is 12.0. The topological polar surface area (TPSA) is 24.9 Å². The molecule has 0 radical (unpaired) electrons. The van der Waals surface area contributed by atoms with Crippen molar-refractivity contribution < 1.29 is 0 Å². The zero-order chi connectivity index (χ0) is 12.4. The second kappa shape index (κ2) is 5.27. The third kappa shape index (κ3) is 2.66. The fraction of sp³-hybridized carbons (Fsp3) is 0.533. The second-order valence-electron chi connectivity index (χ2n) is 5.54. The van der Waals surface area contributed by atoms with E-state index < -0.39 is 0 Å². The van der Waals surface area contributed by atoms with Crippen LogP contribution in [0.25, 0.3) is 10.2 Å². The van der Waals surface area contributed by atoms with E-state index in [9.17, 15) is 0 Å². The fourth-order valence-electron chi connectivity index (χ4n) is 2.76. The van der Waals surface area contributed by atoms with Gasteiger partial charge in [0, 0.05) is 12.2 Å². The Kier molecular flexibility index (Phi) is 3.50. The van der Waals surface area contributed by atoms with E-state index in [2.05, 4.69) is 35.4 Å². The maximum atomic E-state index is 4.31. The van der Waals surface area contributed by atoms with E-state index in [0.29, 0.717) is 0 Å². The van der Waals surface area contributed by atoms with Crippen LogP contribution in [0.2, 0.25) is 0 Å². The number of hydrogen-bond donors (Lipinski definition) is 1. The number of fused-ring (bicyclic) bond motifs is 1. The zero-order valence-electron chi connectivity index (χ0n) is 10.9. The number of nitrogens with one attached hydrogen (secondary N) is 1. The largest absolute Gasteiger partial charge is 0.385 e. The Hall–Kier alpha value is -1.09. The van der Waals surface area contributed by atoms with Gasteiger partial charge in [0.2, 0.25) is 0 Å². The van der Waals surface area contributed by atoms with E-state index in [4.69, 9.17) is 0 Å². The van der Waals surface area contributed by atoms with Gasteiger partial charge in [0.15, 0.2) is 0 Å². The Morgan fingerprint density at radius 2 is 2.11 bits per heavy atom. The summed E-state index contributed by atoms with van der Waals surface area (Å²) >= 11 is 1.71. The van der Waals surface area contributed by atoms with E-state index in [1.54, 1.807) is 11.3 Å². The predicted molar refractivity (Wildman–Crippen MR) is 79.2 cm³/mol. The minimum Gasteiger partial charge on any atom is -0.385 e. The van der Waals surface area contributed by atoms with Gasteiger partial charge in [0.25, 0.3) is 0 Å². The van der Waals surface area contributed by atoms with Crippen LogP contribution < -0.4 is 5.32 Å². The van der Waals surface area contributed by atoms with Crippen molar-refractivity contribution in [3.05, 3.63) is 23.7 Å². The van der Waals surface area contributed by atoms with Crippen molar-refractivity contribution in [1.82, 2.24) is 4.98 Å². The molecule has 2 aromatic rings. The second-order valence-corrected chi connectivity index (χ2v) is 6.43. The van der Waals surface area contributed by atoms with Crippen LogP contribution in [-0.2, 0) is 0 Å². The summed E-state index contributed by atoms with van der Waals surface area (Å²) in [5.41, 5.74) is 4.26. The van der Waals surface area contributed by atoms with Gasteiger partial charge in [-0.1, -0.05) is 19.8 Å². The highest BCUT2D eigenvalue weighted by atomic mass is 32.1. The quantitative estimate of drug-likeness (QED) is 0.876. The molecular formula is C15H20N2S. The molecule has 0 unspecified atom stereocenters. The van der Waals surface area contributed by atoms with Gasteiger partial charge in [-0.25, -0.2) is 4.98 Å². The molecule has 0 bridgehead atoms. The highest BCUT2D eigenvalue weighted by Gasteiger charge is 2.17. The molecule has 2 nitrogen and oxygen atoms in total. The number of anilines is 1. The third-order valence-corrected chi connectivity index (χ3v) is 4.85. The lowest BCUT2D eigenvalue weighted by atomic mass is 9.83. The SMILES string of the molecule is CC1CCC(CNc2ccc3ncsc3c2)CC1. The molecule has 0 spiro atoms. The monoisotopic (exact) mass is 260 g/mol. The normalized spacial score (nSPS) is 24.3. The van der Waals surface area contributed by atoms with Gasteiger partial charge in [0.1, 0.15) is 0 Å². The van der Waals surface area contributed by atoms with E-state index in [1.165, 1.54) is 36.1 Å². The van der Waals surface area contributed by atoms with Gasteiger partial charge in [-0.2, -0.15) is 0 Å².